The van der Waals surface area contributed by atoms with Gasteiger partial charge in [0.15, 0.2) is 17.2 Å². The third kappa shape index (κ3) is 3.28. The van der Waals surface area contributed by atoms with Crippen LogP contribution in [0.15, 0.2) is 24.5 Å². The first-order chi connectivity index (χ1) is 11.8. The first-order valence-corrected chi connectivity index (χ1v) is 8.22. The maximum Gasteiger partial charge on any atom is 0.179 e. The molecule has 24 heavy (non-hydrogen) atoms. The van der Waals surface area contributed by atoms with Gasteiger partial charge in [-0.1, -0.05) is 11.6 Å². The molecule has 2 atom stereocenters. The van der Waals surface area contributed by atoms with Crippen LogP contribution >= 0.6 is 11.6 Å². The van der Waals surface area contributed by atoms with Crippen LogP contribution in [0, 0.1) is 0 Å². The van der Waals surface area contributed by atoms with Crippen LogP contribution < -0.4 is 19.5 Å². The van der Waals surface area contributed by atoms with Crippen molar-refractivity contribution in [2.75, 3.05) is 26.4 Å². The molecule has 0 unspecified atom stereocenters. The second kappa shape index (κ2) is 6.88. The Balaban J connectivity index is 1.40. The lowest BCUT2D eigenvalue weighted by Gasteiger charge is -2.22. The maximum absolute atomic E-state index is 6.27. The Hall–Kier alpha value is -1.96. The third-order valence-corrected chi connectivity index (χ3v) is 4.29. The van der Waals surface area contributed by atoms with E-state index in [1.54, 1.807) is 12.4 Å². The molecule has 0 amide bonds. The van der Waals surface area contributed by atoms with Gasteiger partial charge >= 0.3 is 0 Å². The van der Waals surface area contributed by atoms with E-state index in [0.29, 0.717) is 55.2 Å². The molecule has 2 aromatic rings. The average Bonchev–Trinajstić information content (AvgIpc) is 3.25. The molecule has 0 saturated carbocycles. The van der Waals surface area contributed by atoms with Gasteiger partial charge in [0, 0.05) is 6.54 Å². The van der Waals surface area contributed by atoms with Crippen molar-refractivity contribution >= 4 is 11.6 Å². The number of ether oxygens (including phenoxy) is 4. The second-order valence-electron chi connectivity index (χ2n) is 5.72. The van der Waals surface area contributed by atoms with E-state index in [1.807, 2.05) is 12.1 Å². The molecule has 1 saturated heterocycles. The molecule has 1 fully saturated rings. The lowest BCUT2D eigenvalue weighted by molar-refractivity contribution is 0.139. The zero-order valence-electron chi connectivity index (χ0n) is 13.0. The number of rotatable bonds is 5. The van der Waals surface area contributed by atoms with Crippen LogP contribution in [0.4, 0.5) is 0 Å². The molecular weight excluding hydrogens is 334 g/mol. The monoisotopic (exact) mass is 351 g/mol. The number of aromatic nitrogens is 2. The molecule has 3 heterocycles. The first-order valence-electron chi connectivity index (χ1n) is 7.84. The van der Waals surface area contributed by atoms with Gasteiger partial charge in [-0.3, -0.25) is 5.10 Å². The molecule has 0 aliphatic carbocycles. The van der Waals surface area contributed by atoms with Gasteiger partial charge in [0.2, 0.25) is 0 Å². The number of benzene rings is 1. The Morgan fingerprint density at radius 2 is 2.21 bits per heavy atom. The summed E-state index contributed by atoms with van der Waals surface area (Å²) in [6.07, 6.45) is 3.31. The molecule has 0 spiro atoms. The van der Waals surface area contributed by atoms with Gasteiger partial charge in [-0.05, 0) is 17.7 Å². The van der Waals surface area contributed by atoms with Crippen molar-refractivity contribution in [3.63, 3.8) is 0 Å². The van der Waals surface area contributed by atoms with E-state index in [1.165, 1.54) is 0 Å². The van der Waals surface area contributed by atoms with Gasteiger partial charge in [0.05, 0.1) is 36.7 Å². The third-order valence-electron chi connectivity index (χ3n) is 4.01. The summed E-state index contributed by atoms with van der Waals surface area (Å²) in [4.78, 5) is 0. The minimum absolute atomic E-state index is 0.0599. The average molecular weight is 352 g/mol. The lowest BCUT2D eigenvalue weighted by atomic mass is 10.1. The number of aromatic amines is 1. The zero-order valence-corrected chi connectivity index (χ0v) is 13.7. The SMILES string of the molecule is Clc1cc(CN[C@H]2COC[C@H]2Oc2cn[nH]c2)cc2c1OCCO2. The molecule has 0 bridgehead atoms. The summed E-state index contributed by atoms with van der Waals surface area (Å²) in [6, 6.07) is 3.94. The predicted octanol–water partition coefficient (Wildman–Crippen LogP) is 1.77. The Morgan fingerprint density at radius 1 is 1.29 bits per heavy atom. The van der Waals surface area contributed by atoms with Crippen LogP contribution in [0.25, 0.3) is 0 Å². The van der Waals surface area contributed by atoms with Gasteiger partial charge in [0.25, 0.3) is 0 Å². The van der Waals surface area contributed by atoms with E-state index >= 15 is 0 Å². The minimum atomic E-state index is -0.0599. The zero-order chi connectivity index (χ0) is 16.4. The number of hydrogen-bond acceptors (Lipinski definition) is 6. The van der Waals surface area contributed by atoms with Crippen molar-refractivity contribution in [3.05, 3.63) is 35.1 Å². The van der Waals surface area contributed by atoms with Crippen LogP contribution in [0.5, 0.6) is 17.2 Å². The molecular formula is C16H18ClN3O4. The van der Waals surface area contributed by atoms with E-state index in [0.717, 1.165) is 5.56 Å². The lowest BCUT2D eigenvalue weighted by Crippen LogP contribution is -2.41. The van der Waals surface area contributed by atoms with Crippen LogP contribution in [0.3, 0.4) is 0 Å². The van der Waals surface area contributed by atoms with Crippen molar-refractivity contribution in [2.24, 2.45) is 0 Å². The predicted molar refractivity (Wildman–Crippen MR) is 86.9 cm³/mol. The summed E-state index contributed by atoms with van der Waals surface area (Å²) in [7, 11) is 0. The molecule has 1 aromatic heterocycles. The quantitative estimate of drug-likeness (QED) is 0.855. The summed E-state index contributed by atoms with van der Waals surface area (Å²) >= 11 is 6.27. The highest BCUT2D eigenvalue weighted by Gasteiger charge is 2.30. The van der Waals surface area contributed by atoms with Crippen LogP contribution in [0.2, 0.25) is 5.02 Å². The highest BCUT2D eigenvalue weighted by Crippen LogP contribution is 2.38. The van der Waals surface area contributed by atoms with E-state index in [9.17, 15) is 0 Å². The minimum Gasteiger partial charge on any atom is -0.486 e. The highest BCUT2D eigenvalue weighted by molar-refractivity contribution is 6.32. The van der Waals surface area contributed by atoms with E-state index in [-0.39, 0.29) is 12.1 Å². The van der Waals surface area contributed by atoms with Crippen LogP contribution in [0.1, 0.15) is 5.56 Å². The first kappa shape index (κ1) is 15.6. The number of halogens is 1. The normalized spacial score (nSPS) is 22.5. The van der Waals surface area contributed by atoms with Crippen LogP contribution in [-0.2, 0) is 11.3 Å². The molecule has 1 aromatic carbocycles. The molecule has 2 aliphatic rings. The molecule has 128 valence electrons. The van der Waals surface area contributed by atoms with E-state index in [2.05, 4.69) is 15.5 Å². The summed E-state index contributed by atoms with van der Waals surface area (Å²) in [5.74, 6) is 2.02. The summed E-state index contributed by atoms with van der Waals surface area (Å²) in [5.41, 5.74) is 1.03. The standard InChI is InChI=1S/C16H18ClN3O4/c17-12-3-10(4-14-16(12)23-2-1-22-14)5-18-13-8-21-9-15(13)24-11-6-19-20-7-11/h3-4,6-7,13,15,18H,1-2,5,8-9H2,(H,19,20)/t13-,15+/m0/s1. The second-order valence-corrected chi connectivity index (χ2v) is 6.12. The molecule has 4 rings (SSSR count). The Bertz CT molecular complexity index is 695. The largest absolute Gasteiger partial charge is 0.486 e. The molecule has 2 N–H and O–H groups in total. The summed E-state index contributed by atoms with van der Waals surface area (Å²) in [6.45, 7) is 2.84. The number of fused-ring (bicyclic) bond motifs is 1. The van der Waals surface area contributed by atoms with Crippen molar-refractivity contribution in [1.29, 1.82) is 0 Å². The van der Waals surface area contributed by atoms with Gasteiger partial charge in [-0.2, -0.15) is 5.10 Å². The molecule has 7 nitrogen and oxygen atoms in total. The van der Waals surface area contributed by atoms with E-state index in [4.69, 9.17) is 30.5 Å². The Kier molecular flexibility index (Phi) is 4.46. The topological polar surface area (TPSA) is 77.6 Å². The van der Waals surface area contributed by atoms with Crippen LogP contribution in [-0.4, -0.2) is 48.8 Å². The van der Waals surface area contributed by atoms with Crippen molar-refractivity contribution in [3.8, 4) is 17.2 Å². The fourth-order valence-corrected chi connectivity index (χ4v) is 3.12. The highest BCUT2D eigenvalue weighted by atomic mass is 35.5. The smallest absolute Gasteiger partial charge is 0.179 e. The van der Waals surface area contributed by atoms with Gasteiger partial charge in [0.1, 0.15) is 19.3 Å². The number of nitrogens with one attached hydrogen (secondary N) is 2. The summed E-state index contributed by atoms with van der Waals surface area (Å²) < 4.78 is 22.6. The Labute approximate surface area is 144 Å². The van der Waals surface area contributed by atoms with Gasteiger partial charge in [-0.15, -0.1) is 0 Å². The van der Waals surface area contributed by atoms with Gasteiger partial charge in [-0.25, -0.2) is 0 Å². The maximum atomic E-state index is 6.27. The van der Waals surface area contributed by atoms with Gasteiger partial charge < -0.3 is 24.3 Å². The number of hydrogen-bond donors (Lipinski definition) is 2. The van der Waals surface area contributed by atoms with Crippen molar-refractivity contribution < 1.29 is 18.9 Å². The number of nitrogens with zero attached hydrogens (tertiary/aromatic N) is 1. The number of H-pyrrole nitrogens is 1. The fourth-order valence-electron chi connectivity index (χ4n) is 2.83. The molecule has 2 aliphatic heterocycles. The summed E-state index contributed by atoms with van der Waals surface area (Å²) in [5, 5.41) is 10.6. The molecule has 8 heteroatoms. The Morgan fingerprint density at radius 3 is 3.08 bits per heavy atom. The van der Waals surface area contributed by atoms with Crippen molar-refractivity contribution in [1.82, 2.24) is 15.5 Å². The van der Waals surface area contributed by atoms with E-state index < -0.39 is 0 Å². The molecule has 0 radical (unpaired) electrons. The van der Waals surface area contributed by atoms with Crippen molar-refractivity contribution in [2.45, 2.75) is 18.7 Å². The fraction of sp³-hybridized carbons (Fsp3) is 0.438.